The van der Waals surface area contributed by atoms with Crippen molar-refractivity contribution in [3.8, 4) is 0 Å². The van der Waals surface area contributed by atoms with Crippen molar-refractivity contribution in [2.75, 3.05) is 27.4 Å². The zero-order valence-corrected chi connectivity index (χ0v) is 18.4. The van der Waals surface area contributed by atoms with Gasteiger partial charge in [-0.3, -0.25) is 4.79 Å². The molecule has 0 aromatic heterocycles. The number of amides is 1. The van der Waals surface area contributed by atoms with Crippen LogP contribution in [0.25, 0.3) is 0 Å². The maximum Gasteiger partial charge on any atom is 0.337 e. The molecule has 4 rings (SSSR count). The summed E-state index contributed by atoms with van der Waals surface area (Å²) in [6.07, 6.45) is 3.61. The second-order valence-electron chi connectivity index (χ2n) is 9.70. The van der Waals surface area contributed by atoms with Crippen LogP contribution in [0, 0.1) is 22.7 Å². The standard InChI is InChI=1S/C24H33NO5/c1-23(2)17-13-18-20(15-5-7-16(8-6-15)21(27)29-4)30-12-10-24(18,14-17)22(23)25-19(26)9-11-28-3/h5-8,17-18,20,22H,9-14H2,1-4H3,(H,25,26)/t17-,18-,20-,22+,24-/m1/s1. The number of carbonyl (C=O) groups is 2. The predicted molar refractivity (Wildman–Crippen MR) is 112 cm³/mol. The fourth-order valence-corrected chi connectivity index (χ4v) is 6.47. The second kappa shape index (κ2) is 7.97. The van der Waals surface area contributed by atoms with Gasteiger partial charge < -0.3 is 19.5 Å². The predicted octanol–water partition coefficient (Wildman–Crippen LogP) is 3.51. The molecule has 30 heavy (non-hydrogen) atoms. The Labute approximate surface area is 178 Å². The topological polar surface area (TPSA) is 73.9 Å². The molecule has 2 saturated carbocycles. The van der Waals surface area contributed by atoms with Crippen LogP contribution in [0.1, 0.15) is 61.6 Å². The Balaban J connectivity index is 1.59. The number of methoxy groups -OCH3 is 2. The number of hydrogen-bond acceptors (Lipinski definition) is 5. The van der Waals surface area contributed by atoms with E-state index in [1.807, 2.05) is 24.3 Å². The van der Waals surface area contributed by atoms with Gasteiger partial charge in [-0.05, 0) is 59.6 Å². The molecule has 1 spiro atoms. The number of rotatable bonds is 6. The van der Waals surface area contributed by atoms with Crippen molar-refractivity contribution >= 4 is 11.9 Å². The Hall–Kier alpha value is -1.92. The van der Waals surface area contributed by atoms with Gasteiger partial charge in [0.1, 0.15) is 0 Å². The molecule has 6 heteroatoms. The van der Waals surface area contributed by atoms with E-state index in [1.165, 1.54) is 7.11 Å². The highest BCUT2D eigenvalue weighted by Gasteiger charge is 2.68. The lowest BCUT2D eigenvalue weighted by atomic mass is 9.59. The Bertz CT molecular complexity index is 804. The Morgan fingerprint density at radius 2 is 1.93 bits per heavy atom. The molecule has 0 unspecified atom stereocenters. The molecule has 1 aromatic rings. The van der Waals surface area contributed by atoms with Crippen molar-refractivity contribution in [1.29, 1.82) is 0 Å². The van der Waals surface area contributed by atoms with E-state index in [9.17, 15) is 9.59 Å². The molecule has 1 aromatic carbocycles. The molecule has 6 nitrogen and oxygen atoms in total. The molecule has 5 atom stereocenters. The van der Waals surface area contributed by atoms with Crippen LogP contribution in [-0.2, 0) is 19.0 Å². The quantitative estimate of drug-likeness (QED) is 0.720. The van der Waals surface area contributed by atoms with Crippen LogP contribution in [0.3, 0.4) is 0 Å². The summed E-state index contributed by atoms with van der Waals surface area (Å²) < 4.78 is 16.2. The smallest absolute Gasteiger partial charge is 0.337 e. The third-order valence-electron chi connectivity index (χ3n) is 8.00. The molecule has 3 aliphatic rings. The van der Waals surface area contributed by atoms with Crippen molar-refractivity contribution in [2.24, 2.45) is 22.7 Å². The number of ether oxygens (including phenoxy) is 3. The Morgan fingerprint density at radius 1 is 1.20 bits per heavy atom. The van der Waals surface area contributed by atoms with Gasteiger partial charge in [0.05, 0.1) is 25.4 Å². The average Bonchev–Trinajstić information content (AvgIpc) is 3.24. The van der Waals surface area contributed by atoms with Crippen LogP contribution in [0.5, 0.6) is 0 Å². The van der Waals surface area contributed by atoms with Crippen molar-refractivity contribution in [2.45, 2.75) is 51.7 Å². The molecule has 0 radical (unpaired) electrons. The molecule has 1 saturated heterocycles. The minimum absolute atomic E-state index is 0.00933. The van der Waals surface area contributed by atoms with E-state index in [-0.39, 0.29) is 34.9 Å². The SMILES string of the molecule is COCCC(=O)N[C@H]1C(C)(C)[C@@H]2C[C@@H]3[C@@H](c4ccc(C(=O)OC)cc4)OCC[C@@]31C2. The van der Waals surface area contributed by atoms with Gasteiger partial charge in [-0.25, -0.2) is 4.79 Å². The van der Waals surface area contributed by atoms with E-state index < -0.39 is 0 Å². The molecule has 2 bridgehead atoms. The summed E-state index contributed by atoms with van der Waals surface area (Å²) >= 11 is 0. The molecule has 164 valence electrons. The van der Waals surface area contributed by atoms with E-state index in [2.05, 4.69) is 19.2 Å². The third-order valence-corrected chi connectivity index (χ3v) is 8.00. The minimum atomic E-state index is -0.330. The van der Waals surface area contributed by atoms with Crippen molar-refractivity contribution in [1.82, 2.24) is 5.32 Å². The largest absolute Gasteiger partial charge is 0.465 e. The van der Waals surface area contributed by atoms with E-state index in [1.54, 1.807) is 7.11 Å². The highest BCUT2D eigenvalue weighted by molar-refractivity contribution is 5.89. The van der Waals surface area contributed by atoms with Gasteiger partial charge in [-0.15, -0.1) is 0 Å². The zero-order chi connectivity index (χ0) is 21.5. The zero-order valence-electron chi connectivity index (χ0n) is 18.4. The summed E-state index contributed by atoms with van der Waals surface area (Å²) in [5.74, 6) is 0.666. The lowest BCUT2D eigenvalue weighted by Gasteiger charge is -2.53. The Morgan fingerprint density at radius 3 is 2.60 bits per heavy atom. The summed E-state index contributed by atoms with van der Waals surface area (Å²) in [6, 6.07) is 7.73. The third kappa shape index (κ3) is 3.34. The van der Waals surface area contributed by atoms with Crippen molar-refractivity contribution in [3.63, 3.8) is 0 Å². The maximum atomic E-state index is 12.6. The summed E-state index contributed by atoms with van der Waals surface area (Å²) in [6.45, 7) is 5.74. The van der Waals surface area contributed by atoms with Gasteiger partial charge in [0, 0.05) is 26.2 Å². The van der Waals surface area contributed by atoms with Crippen LogP contribution in [0.4, 0.5) is 0 Å². The summed E-state index contributed by atoms with van der Waals surface area (Å²) in [4.78, 5) is 24.4. The van der Waals surface area contributed by atoms with E-state index in [4.69, 9.17) is 14.2 Å². The number of esters is 1. The number of nitrogens with one attached hydrogen (secondary N) is 1. The first-order valence-corrected chi connectivity index (χ1v) is 10.9. The number of hydrogen-bond donors (Lipinski definition) is 1. The summed E-state index contributed by atoms with van der Waals surface area (Å²) in [5, 5.41) is 3.39. The molecular formula is C24H33NO5. The molecule has 2 aliphatic carbocycles. The normalized spacial score (nSPS) is 33.7. The van der Waals surface area contributed by atoms with Crippen LogP contribution in [0.2, 0.25) is 0 Å². The van der Waals surface area contributed by atoms with E-state index in [0.717, 1.165) is 24.8 Å². The fraction of sp³-hybridized carbons (Fsp3) is 0.667. The average molecular weight is 416 g/mol. The second-order valence-corrected chi connectivity index (χ2v) is 9.70. The lowest BCUT2D eigenvalue weighted by molar-refractivity contribution is -0.137. The van der Waals surface area contributed by atoms with Crippen LogP contribution in [0.15, 0.2) is 24.3 Å². The monoisotopic (exact) mass is 415 g/mol. The van der Waals surface area contributed by atoms with Crippen molar-refractivity contribution in [3.05, 3.63) is 35.4 Å². The van der Waals surface area contributed by atoms with Crippen LogP contribution < -0.4 is 5.32 Å². The van der Waals surface area contributed by atoms with Crippen molar-refractivity contribution < 1.29 is 23.8 Å². The fourth-order valence-electron chi connectivity index (χ4n) is 6.47. The maximum absolute atomic E-state index is 12.6. The number of benzene rings is 1. The van der Waals surface area contributed by atoms with Gasteiger partial charge in [-0.1, -0.05) is 26.0 Å². The highest BCUT2D eigenvalue weighted by Crippen LogP contribution is 2.70. The highest BCUT2D eigenvalue weighted by atomic mass is 16.5. The van der Waals surface area contributed by atoms with Gasteiger partial charge >= 0.3 is 5.97 Å². The molecule has 1 amide bonds. The molecule has 1 aliphatic heterocycles. The minimum Gasteiger partial charge on any atom is -0.465 e. The lowest BCUT2D eigenvalue weighted by Crippen LogP contribution is -2.59. The van der Waals surface area contributed by atoms with Gasteiger partial charge in [0.25, 0.3) is 0 Å². The van der Waals surface area contributed by atoms with Gasteiger partial charge in [0.15, 0.2) is 0 Å². The molecule has 3 fully saturated rings. The number of fused-ring (bicyclic) bond motifs is 1. The summed E-state index contributed by atoms with van der Waals surface area (Å²) in [5.41, 5.74) is 1.77. The summed E-state index contributed by atoms with van der Waals surface area (Å²) in [7, 11) is 3.01. The van der Waals surface area contributed by atoms with Gasteiger partial charge in [0.2, 0.25) is 5.91 Å². The van der Waals surface area contributed by atoms with Crippen LogP contribution >= 0.6 is 0 Å². The first kappa shape index (κ1) is 21.3. The van der Waals surface area contributed by atoms with Crippen LogP contribution in [-0.4, -0.2) is 45.4 Å². The van der Waals surface area contributed by atoms with E-state index in [0.29, 0.717) is 37.0 Å². The first-order chi connectivity index (χ1) is 14.3. The number of carbonyl (C=O) groups excluding carboxylic acids is 2. The molecular weight excluding hydrogens is 382 g/mol. The van der Waals surface area contributed by atoms with Gasteiger partial charge in [-0.2, -0.15) is 0 Å². The Kier molecular flexibility index (Phi) is 5.66. The molecule has 1 heterocycles. The first-order valence-electron chi connectivity index (χ1n) is 10.9. The molecule has 1 N–H and O–H groups in total. The van der Waals surface area contributed by atoms with E-state index >= 15 is 0 Å².